The number of nitrogens with two attached hydrogens (primary N) is 1. The molecular formula is C13H16N4O2. The third-order valence-corrected chi connectivity index (χ3v) is 2.69. The summed E-state index contributed by atoms with van der Waals surface area (Å²) in [6.45, 7) is 3.94. The summed E-state index contributed by atoms with van der Waals surface area (Å²) >= 11 is 0. The molecule has 2 rings (SSSR count). The van der Waals surface area contributed by atoms with Crippen LogP contribution in [0.2, 0.25) is 0 Å². The van der Waals surface area contributed by atoms with Crippen LogP contribution < -0.4 is 11.1 Å². The number of nitrogens with zero attached hydrogens (tertiary/aromatic N) is 2. The van der Waals surface area contributed by atoms with Gasteiger partial charge < -0.3 is 16.2 Å². The van der Waals surface area contributed by atoms with Crippen molar-refractivity contribution in [3.8, 4) is 5.75 Å². The van der Waals surface area contributed by atoms with Gasteiger partial charge in [0.25, 0.3) is 5.91 Å². The number of amides is 1. The van der Waals surface area contributed by atoms with Crippen LogP contribution in [0.15, 0.2) is 30.5 Å². The quantitative estimate of drug-likeness (QED) is 0.581. The fourth-order valence-electron chi connectivity index (χ4n) is 1.70. The molecule has 6 nitrogen and oxygen atoms in total. The highest BCUT2D eigenvalue weighted by Gasteiger charge is 2.12. The van der Waals surface area contributed by atoms with E-state index in [9.17, 15) is 9.90 Å². The summed E-state index contributed by atoms with van der Waals surface area (Å²) in [5.74, 6) is 0.180. The molecule has 100 valence electrons. The van der Waals surface area contributed by atoms with Gasteiger partial charge in [-0.3, -0.25) is 4.79 Å². The van der Waals surface area contributed by atoms with Gasteiger partial charge in [0.05, 0.1) is 11.9 Å². The lowest BCUT2D eigenvalue weighted by atomic mass is 10.2. The number of benzene rings is 1. The maximum Gasteiger partial charge on any atom is 0.256 e. The standard InChI is InChI=1S/C13H16N4O2/c1-8(2)17-12(5-6-15-17)16-13(19)9-3-4-10(14)11(18)7-9/h3-8,18H,14H2,1-2H3,(H,16,19). The van der Waals surface area contributed by atoms with Crippen LogP contribution in [0.3, 0.4) is 0 Å². The van der Waals surface area contributed by atoms with E-state index in [2.05, 4.69) is 10.4 Å². The first-order chi connectivity index (χ1) is 8.99. The van der Waals surface area contributed by atoms with E-state index in [1.165, 1.54) is 12.1 Å². The fraction of sp³-hybridized carbons (Fsp3) is 0.231. The second-order valence-electron chi connectivity index (χ2n) is 4.48. The van der Waals surface area contributed by atoms with E-state index >= 15 is 0 Å². The molecule has 1 amide bonds. The summed E-state index contributed by atoms with van der Waals surface area (Å²) in [5, 5.41) is 16.4. The number of carbonyl (C=O) groups is 1. The Morgan fingerprint density at radius 1 is 1.42 bits per heavy atom. The third kappa shape index (κ3) is 2.67. The Labute approximate surface area is 110 Å². The zero-order chi connectivity index (χ0) is 14.0. The van der Waals surface area contributed by atoms with Crippen molar-refractivity contribution in [3.05, 3.63) is 36.0 Å². The number of hydrogen-bond donors (Lipinski definition) is 3. The second kappa shape index (κ2) is 5.01. The monoisotopic (exact) mass is 260 g/mol. The van der Waals surface area contributed by atoms with Crippen LogP contribution in [0.4, 0.5) is 11.5 Å². The van der Waals surface area contributed by atoms with Crippen molar-refractivity contribution in [1.82, 2.24) is 9.78 Å². The number of aromatic nitrogens is 2. The van der Waals surface area contributed by atoms with Gasteiger partial charge in [-0.15, -0.1) is 0 Å². The molecule has 0 fully saturated rings. The molecule has 0 saturated heterocycles. The highest BCUT2D eigenvalue weighted by Crippen LogP contribution is 2.21. The van der Waals surface area contributed by atoms with E-state index in [1.807, 2.05) is 13.8 Å². The Morgan fingerprint density at radius 2 is 2.16 bits per heavy atom. The van der Waals surface area contributed by atoms with Crippen LogP contribution in [0.1, 0.15) is 30.2 Å². The maximum atomic E-state index is 12.0. The summed E-state index contributed by atoms with van der Waals surface area (Å²) in [5.41, 5.74) is 6.07. The number of nitrogens with one attached hydrogen (secondary N) is 1. The highest BCUT2D eigenvalue weighted by atomic mass is 16.3. The molecule has 0 aliphatic carbocycles. The van der Waals surface area contributed by atoms with Crippen LogP contribution in [-0.4, -0.2) is 20.8 Å². The van der Waals surface area contributed by atoms with E-state index in [4.69, 9.17) is 5.73 Å². The van der Waals surface area contributed by atoms with Crippen LogP contribution in [0, 0.1) is 0 Å². The van der Waals surface area contributed by atoms with E-state index < -0.39 is 0 Å². The lowest BCUT2D eigenvalue weighted by Gasteiger charge is -2.12. The zero-order valence-electron chi connectivity index (χ0n) is 10.8. The lowest BCUT2D eigenvalue weighted by Crippen LogP contribution is -2.16. The summed E-state index contributed by atoms with van der Waals surface area (Å²) in [6.07, 6.45) is 1.62. The van der Waals surface area contributed by atoms with Crippen LogP contribution in [0.25, 0.3) is 0 Å². The molecule has 0 radical (unpaired) electrons. The number of carbonyl (C=O) groups excluding carboxylic acids is 1. The molecule has 4 N–H and O–H groups in total. The minimum atomic E-state index is -0.322. The number of nitrogen functional groups attached to an aromatic ring is 1. The van der Waals surface area contributed by atoms with E-state index in [0.29, 0.717) is 11.4 Å². The van der Waals surface area contributed by atoms with E-state index in [1.54, 1.807) is 23.0 Å². The van der Waals surface area contributed by atoms with Crippen molar-refractivity contribution in [2.45, 2.75) is 19.9 Å². The molecule has 19 heavy (non-hydrogen) atoms. The van der Waals surface area contributed by atoms with Crippen molar-refractivity contribution >= 4 is 17.4 Å². The summed E-state index contributed by atoms with van der Waals surface area (Å²) in [4.78, 5) is 12.0. The lowest BCUT2D eigenvalue weighted by molar-refractivity contribution is 0.102. The predicted octanol–water partition coefficient (Wildman–Crippen LogP) is 2.00. The molecule has 2 aromatic rings. The highest BCUT2D eigenvalue weighted by molar-refractivity contribution is 6.04. The first-order valence-corrected chi connectivity index (χ1v) is 5.92. The van der Waals surface area contributed by atoms with Gasteiger partial charge in [-0.2, -0.15) is 5.10 Å². The molecule has 0 aliphatic heterocycles. The molecule has 0 atom stereocenters. The number of rotatable bonds is 3. The molecule has 6 heteroatoms. The summed E-state index contributed by atoms with van der Waals surface area (Å²) < 4.78 is 1.70. The number of anilines is 2. The summed E-state index contributed by atoms with van der Waals surface area (Å²) in [6, 6.07) is 6.24. The predicted molar refractivity (Wildman–Crippen MR) is 73.1 cm³/mol. The van der Waals surface area contributed by atoms with Crippen LogP contribution in [-0.2, 0) is 0 Å². The number of aromatic hydroxyl groups is 1. The van der Waals surface area contributed by atoms with Gasteiger partial charge in [-0.1, -0.05) is 0 Å². The molecule has 0 bridgehead atoms. The average molecular weight is 260 g/mol. The van der Waals surface area contributed by atoms with Gasteiger partial charge in [0.2, 0.25) is 0 Å². The van der Waals surface area contributed by atoms with Gasteiger partial charge in [0.15, 0.2) is 0 Å². The van der Waals surface area contributed by atoms with Crippen molar-refractivity contribution < 1.29 is 9.90 Å². The Kier molecular flexibility index (Phi) is 3.41. The van der Waals surface area contributed by atoms with Crippen molar-refractivity contribution in [3.63, 3.8) is 0 Å². The molecule has 0 unspecified atom stereocenters. The third-order valence-electron chi connectivity index (χ3n) is 2.69. The second-order valence-corrected chi connectivity index (χ2v) is 4.48. The minimum absolute atomic E-state index is 0.106. The minimum Gasteiger partial charge on any atom is -0.506 e. The van der Waals surface area contributed by atoms with Gasteiger partial charge >= 0.3 is 0 Å². The van der Waals surface area contributed by atoms with Crippen LogP contribution >= 0.6 is 0 Å². The largest absolute Gasteiger partial charge is 0.506 e. The van der Waals surface area contributed by atoms with E-state index in [-0.39, 0.29) is 23.4 Å². The van der Waals surface area contributed by atoms with Gasteiger partial charge in [0, 0.05) is 17.7 Å². The zero-order valence-corrected chi connectivity index (χ0v) is 10.8. The van der Waals surface area contributed by atoms with Gasteiger partial charge in [-0.05, 0) is 32.0 Å². The normalized spacial score (nSPS) is 10.7. The number of phenols is 1. The SMILES string of the molecule is CC(C)n1nccc1NC(=O)c1ccc(N)c(O)c1. The van der Waals surface area contributed by atoms with Crippen LogP contribution in [0.5, 0.6) is 5.75 Å². The first-order valence-electron chi connectivity index (χ1n) is 5.92. The van der Waals surface area contributed by atoms with E-state index in [0.717, 1.165) is 0 Å². The van der Waals surface area contributed by atoms with Crippen molar-refractivity contribution in [2.75, 3.05) is 11.1 Å². The maximum absolute atomic E-state index is 12.0. The van der Waals surface area contributed by atoms with Gasteiger partial charge in [-0.25, -0.2) is 4.68 Å². The molecule has 1 aromatic heterocycles. The molecule has 0 aliphatic rings. The molecular weight excluding hydrogens is 244 g/mol. The van der Waals surface area contributed by atoms with Crippen molar-refractivity contribution in [2.24, 2.45) is 0 Å². The van der Waals surface area contributed by atoms with Gasteiger partial charge in [0.1, 0.15) is 11.6 Å². The average Bonchev–Trinajstić information content (AvgIpc) is 2.80. The first kappa shape index (κ1) is 12.9. The number of phenolic OH excluding ortho intramolecular Hbond substituents is 1. The molecule has 0 spiro atoms. The summed E-state index contributed by atoms with van der Waals surface area (Å²) in [7, 11) is 0. The topological polar surface area (TPSA) is 93.2 Å². The Bertz CT molecular complexity index is 604. The fourth-order valence-corrected chi connectivity index (χ4v) is 1.70. The Hall–Kier alpha value is -2.50. The Morgan fingerprint density at radius 3 is 2.79 bits per heavy atom. The smallest absolute Gasteiger partial charge is 0.256 e. The molecule has 1 aromatic carbocycles. The molecule has 0 saturated carbocycles. The molecule has 1 heterocycles. The van der Waals surface area contributed by atoms with Crippen molar-refractivity contribution in [1.29, 1.82) is 0 Å². The Balaban J connectivity index is 2.21. The number of hydrogen-bond acceptors (Lipinski definition) is 4.